The van der Waals surface area contributed by atoms with Gasteiger partial charge in [-0.3, -0.25) is 9.36 Å². The Kier molecular flexibility index (Phi) is 7.21. The molecule has 170 valence electrons. The summed E-state index contributed by atoms with van der Waals surface area (Å²) in [4.78, 5) is 12.7. The van der Waals surface area contributed by atoms with Gasteiger partial charge in [0.05, 0.1) is 18.9 Å². The molecule has 9 heteroatoms. The number of ether oxygens (including phenoxy) is 1. The van der Waals surface area contributed by atoms with E-state index < -0.39 is 5.54 Å². The molecule has 0 saturated heterocycles. The Labute approximate surface area is 202 Å². The molecule has 33 heavy (non-hydrogen) atoms. The number of nitrogens with zero attached hydrogens (tertiary/aromatic N) is 4. The Hall–Kier alpha value is -3.02. The van der Waals surface area contributed by atoms with Crippen molar-refractivity contribution in [3.8, 4) is 28.9 Å². The third kappa shape index (κ3) is 5.32. The molecule has 1 aliphatic carbocycles. The van der Waals surface area contributed by atoms with Crippen LogP contribution in [0, 0.1) is 11.3 Å². The highest BCUT2D eigenvalue weighted by molar-refractivity contribution is 7.99. The van der Waals surface area contributed by atoms with Crippen LogP contribution in [0.2, 0.25) is 5.02 Å². The monoisotopic (exact) mass is 481 g/mol. The number of carbonyl (C=O) groups excluding carboxylic acids is 1. The summed E-state index contributed by atoms with van der Waals surface area (Å²) < 4.78 is 7.25. The molecule has 1 N–H and O–H groups in total. The summed E-state index contributed by atoms with van der Waals surface area (Å²) in [5.41, 5.74) is 0.899. The number of aromatic nitrogens is 3. The minimum Gasteiger partial charge on any atom is -0.497 e. The number of halogens is 1. The van der Waals surface area contributed by atoms with Crippen LogP contribution in [0.25, 0.3) is 17.1 Å². The normalized spacial score (nSPS) is 14.9. The van der Waals surface area contributed by atoms with Crippen molar-refractivity contribution < 1.29 is 9.53 Å². The van der Waals surface area contributed by atoms with E-state index in [2.05, 4.69) is 21.6 Å². The number of methoxy groups -OCH3 is 1. The van der Waals surface area contributed by atoms with Gasteiger partial charge in [0.15, 0.2) is 11.0 Å². The maximum absolute atomic E-state index is 12.7. The van der Waals surface area contributed by atoms with E-state index in [4.69, 9.17) is 16.3 Å². The van der Waals surface area contributed by atoms with Gasteiger partial charge in [0.2, 0.25) is 5.91 Å². The van der Waals surface area contributed by atoms with Gasteiger partial charge < -0.3 is 10.1 Å². The van der Waals surface area contributed by atoms with Crippen LogP contribution >= 0.6 is 23.4 Å². The third-order valence-electron chi connectivity index (χ3n) is 5.68. The third-order valence-corrected chi connectivity index (χ3v) is 6.86. The van der Waals surface area contributed by atoms with Gasteiger partial charge in [0.1, 0.15) is 11.3 Å². The van der Waals surface area contributed by atoms with E-state index in [1.807, 2.05) is 41.0 Å². The lowest BCUT2D eigenvalue weighted by Gasteiger charge is -2.31. The number of nitriles is 1. The first kappa shape index (κ1) is 23.1. The smallest absolute Gasteiger partial charge is 0.231 e. The molecule has 0 bridgehead atoms. The molecular weight excluding hydrogens is 458 g/mol. The van der Waals surface area contributed by atoms with Crippen LogP contribution in [0.5, 0.6) is 5.75 Å². The predicted molar refractivity (Wildman–Crippen MR) is 129 cm³/mol. The van der Waals surface area contributed by atoms with E-state index in [0.29, 0.717) is 34.6 Å². The summed E-state index contributed by atoms with van der Waals surface area (Å²) in [7, 11) is 1.61. The molecule has 1 aromatic heterocycles. The summed E-state index contributed by atoms with van der Waals surface area (Å²) in [5, 5.41) is 22.6. The summed E-state index contributed by atoms with van der Waals surface area (Å²) in [6.07, 6.45) is 4.40. The molecule has 1 amide bonds. The molecular formula is C24H24ClN5O2S. The Morgan fingerprint density at radius 1 is 1.21 bits per heavy atom. The highest BCUT2D eigenvalue weighted by Crippen LogP contribution is 2.31. The van der Waals surface area contributed by atoms with Gasteiger partial charge in [-0.25, -0.2) is 0 Å². The summed E-state index contributed by atoms with van der Waals surface area (Å²) in [6.45, 7) is 0. The SMILES string of the molecule is COc1cccc(-c2nnc(SCC(=O)NC3(C#N)CCCCC3)n2-c2ccc(Cl)cc2)c1. The molecule has 0 aliphatic heterocycles. The van der Waals surface area contributed by atoms with Gasteiger partial charge in [0, 0.05) is 16.3 Å². The molecule has 1 heterocycles. The number of nitrogens with one attached hydrogen (secondary N) is 1. The van der Waals surface area contributed by atoms with Crippen molar-refractivity contribution >= 4 is 29.3 Å². The summed E-state index contributed by atoms with van der Waals surface area (Å²) >= 11 is 7.37. The fraction of sp³-hybridized carbons (Fsp3) is 0.333. The highest BCUT2D eigenvalue weighted by atomic mass is 35.5. The largest absolute Gasteiger partial charge is 0.497 e. The van der Waals surface area contributed by atoms with Gasteiger partial charge in [0.25, 0.3) is 0 Å². The van der Waals surface area contributed by atoms with Crippen molar-refractivity contribution in [2.75, 3.05) is 12.9 Å². The van der Waals surface area contributed by atoms with Crippen LogP contribution in [0.1, 0.15) is 32.1 Å². The Bertz CT molecular complexity index is 1170. The summed E-state index contributed by atoms with van der Waals surface area (Å²) in [6, 6.07) is 17.3. The molecule has 1 aliphatic rings. The number of amides is 1. The number of hydrogen-bond acceptors (Lipinski definition) is 6. The van der Waals surface area contributed by atoms with Gasteiger partial charge >= 0.3 is 0 Å². The van der Waals surface area contributed by atoms with Crippen molar-refractivity contribution in [1.82, 2.24) is 20.1 Å². The minimum absolute atomic E-state index is 0.132. The molecule has 1 saturated carbocycles. The van der Waals surface area contributed by atoms with Crippen LogP contribution in [0.4, 0.5) is 0 Å². The first-order valence-corrected chi connectivity index (χ1v) is 12.1. The quantitative estimate of drug-likeness (QED) is 0.475. The van der Waals surface area contributed by atoms with Crippen LogP contribution in [0.3, 0.4) is 0 Å². The van der Waals surface area contributed by atoms with E-state index in [1.165, 1.54) is 11.8 Å². The first-order valence-electron chi connectivity index (χ1n) is 10.7. The van der Waals surface area contributed by atoms with Gasteiger partial charge in [-0.15, -0.1) is 10.2 Å². The fourth-order valence-corrected chi connectivity index (χ4v) is 4.87. The van der Waals surface area contributed by atoms with Crippen molar-refractivity contribution in [2.45, 2.75) is 42.8 Å². The van der Waals surface area contributed by atoms with E-state index in [-0.39, 0.29) is 11.7 Å². The zero-order valence-electron chi connectivity index (χ0n) is 18.3. The van der Waals surface area contributed by atoms with E-state index in [9.17, 15) is 10.1 Å². The second kappa shape index (κ2) is 10.3. The molecule has 0 spiro atoms. The fourth-order valence-electron chi connectivity index (χ4n) is 3.99. The van der Waals surface area contributed by atoms with Crippen LogP contribution in [-0.4, -0.2) is 39.1 Å². The first-order chi connectivity index (χ1) is 16.0. The number of carbonyl (C=O) groups is 1. The molecule has 0 unspecified atom stereocenters. The van der Waals surface area contributed by atoms with E-state index in [0.717, 1.165) is 30.5 Å². The van der Waals surface area contributed by atoms with Crippen LogP contribution in [0.15, 0.2) is 53.7 Å². The molecule has 0 radical (unpaired) electrons. The van der Waals surface area contributed by atoms with Crippen LogP contribution < -0.4 is 10.1 Å². The molecule has 3 aromatic rings. The lowest BCUT2D eigenvalue weighted by atomic mass is 9.83. The molecule has 7 nitrogen and oxygen atoms in total. The number of hydrogen-bond donors (Lipinski definition) is 1. The Morgan fingerprint density at radius 2 is 1.97 bits per heavy atom. The van der Waals surface area contributed by atoms with Gasteiger partial charge in [-0.05, 0) is 49.2 Å². The topological polar surface area (TPSA) is 92.8 Å². The van der Waals surface area contributed by atoms with Crippen LogP contribution in [-0.2, 0) is 4.79 Å². The molecule has 1 fully saturated rings. The van der Waals surface area contributed by atoms with E-state index in [1.54, 1.807) is 19.2 Å². The maximum atomic E-state index is 12.7. The number of benzene rings is 2. The minimum atomic E-state index is -0.758. The van der Waals surface area contributed by atoms with Crippen molar-refractivity contribution in [3.63, 3.8) is 0 Å². The predicted octanol–water partition coefficient (Wildman–Crippen LogP) is 5.03. The molecule has 0 atom stereocenters. The lowest BCUT2D eigenvalue weighted by molar-refractivity contribution is -0.120. The molecule has 4 rings (SSSR count). The van der Waals surface area contributed by atoms with Gasteiger partial charge in [-0.1, -0.05) is 54.8 Å². The second-order valence-electron chi connectivity index (χ2n) is 7.94. The molecule has 2 aromatic carbocycles. The Morgan fingerprint density at radius 3 is 2.67 bits per heavy atom. The average Bonchev–Trinajstić information content (AvgIpc) is 3.28. The van der Waals surface area contributed by atoms with Crippen molar-refractivity contribution in [1.29, 1.82) is 5.26 Å². The van der Waals surface area contributed by atoms with Crippen molar-refractivity contribution in [3.05, 3.63) is 53.6 Å². The Balaban J connectivity index is 1.60. The standard InChI is InChI=1S/C24H24ClN5O2S/c1-32-20-7-5-6-17(14-20)22-28-29-23(30(22)19-10-8-18(25)9-11-19)33-15-21(31)27-24(16-26)12-3-2-4-13-24/h5-11,14H,2-4,12-13,15H2,1H3,(H,27,31). The number of thioether (sulfide) groups is 1. The average molecular weight is 482 g/mol. The zero-order chi connectivity index (χ0) is 23.3. The van der Waals surface area contributed by atoms with Gasteiger partial charge in [-0.2, -0.15) is 5.26 Å². The van der Waals surface area contributed by atoms with Crippen molar-refractivity contribution in [2.24, 2.45) is 0 Å². The number of rotatable bonds is 7. The highest BCUT2D eigenvalue weighted by Gasteiger charge is 2.33. The maximum Gasteiger partial charge on any atom is 0.231 e. The van der Waals surface area contributed by atoms with E-state index >= 15 is 0 Å². The lowest BCUT2D eigenvalue weighted by Crippen LogP contribution is -2.49. The zero-order valence-corrected chi connectivity index (χ0v) is 19.8. The second-order valence-corrected chi connectivity index (χ2v) is 9.32. The summed E-state index contributed by atoms with van der Waals surface area (Å²) in [5.74, 6) is 1.28.